The lowest BCUT2D eigenvalue weighted by Crippen LogP contribution is -2.58. The van der Waals surface area contributed by atoms with Gasteiger partial charge in [-0.1, -0.05) is 56.3 Å². The number of nitrogens with zero attached hydrogens (tertiary/aromatic N) is 4. The topological polar surface area (TPSA) is 84.4 Å². The monoisotopic (exact) mass is 686 g/mol. The van der Waals surface area contributed by atoms with Crippen molar-refractivity contribution in [2.45, 2.75) is 82.0 Å². The van der Waals surface area contributed by atoms with Crippen LogP contribution in [0.2, 0.25) is 0 Å². The van der Waals surface area contributed by atoms with E-state index >= 15 is 4.79 Å². The van der Waals surface area contributed by atoms with Crippen molar-refractivity contribution in [3.63, 3.8) is 0 Å². The fourth-order valence-electron chi connectivity index (χ4n) is 8.65. The van der Waals surface area contributed by atoms with Crippen LogP contribution in [0.25, 0.3) is 0 Å². The molecule has 1 N–H and O–H groups in total. The van der Waals surface area contributed by atoms with Gasteiger partial charge in [-0.2, -0.15) is 0 Å². The molecule has 49 heavy (non-hydrogen) atoms. The lowest BCUT2D eigenvalue weighted by Gasteiger charge is -2.40. The van der Waals surface area contributed by atoms with Crippen LogP contribution in [0.1, 0.15) is 59.4 Å². The van der Waals surface area contributed by atoms with Gasteiger partial charge >= 0.3 is 0 Å². The van der Waals surface area contributed by atoms with E-state index < -0.39 is 33.4 Å². The molecule has 2 aromatic rings. The van der Waals surface area contributed by atoms with Crippen LogP contribution in [0.3, 0.4) is 0 Å². The maximum Gasteiger partial charge on any atom is 0.251 e. The molecule has 3 aliphatic rings. The average Bonchev–Trinajstić information content (AvgIpc) is 3.67. The van der Waals surface area contributed by atoms with Gasteiger partial charge in [-0.05, 0) is 75.8 Å². The van der Waals surface area contributed by atoms with Crippen molar-refractivity contribution in [3.05, 3.63) is 85.5 Å². The summed E-state index contributed by atoms with van der Waals surface area (Å²) in [6, 6.07) is 16.5. The summed E-state index contributed by atoms with van der Waals surface area (Å²) < 4.78 is -1.32. The molecule has 5 rings (SSSR count). The molecule has 2 aromatic carbocycles. The van der Waals surface area contributed by atoms with Gasteiger partial charge in [0.15, 0.2) is 0 Å². The maximum absolute atomic E-state index is 15.2. The minimum atomic E-state index is -0.838. The number of thioether (sulfide) groups is 1. The summed E-state index contributed by atoms with van der Waals surface area (Å²) >= 11 is 1.67. The summed E-state index contributed by atoms with van der Waals surface area (Å²) in [7, 11) is 0. The molecule has 3 amide bonds. The number of aliphatic hydroxyl groups excluding tert-OH is 1. The summed E-state index contributed by atoms with van der Waals surface area (Å²) in [6.45, 7) is 20.9. The van der Waals surface area contributed by atoms with E-state index in [2.05, 4.69) is 52.7 Å². The molecule has 3 aliphatic heterocycles. The molecule has 264 valence electrons. The summed E-state index contributed by atoms with van der Waals surface area (Å²) in [5.74, 6) is -1.57. The van der Waals surface area contributed by atoms with Gasteiger partial charge in [0.25, 0.3) is 5.91 Å². The quantitative estimate of drug-likeness (QED) is 0.213. The molecular weight excluding hydrogens is 633 g/mol. The molecular formula is C40H54N4O4S. The molecule has 3 fully saturated rings. The van der Waals surface area contributed by atoms with Gasteiger partial charge < -0.3 is 24.7 Å². The van der Waals surface area contributed by atoms with E-state index in [1.165, 1.54) is 0 Å². The van der Waals surface area contributed by atoms with E-state index in [0.29, 0.717) is 25.9 Å². The molecule has 3 heterocycles. The number of carbonyl (C=O) groups is 3. The second-order valence-electron chi connectivity index (χ2n) is 14.4. The van der Waals surface area contributed by atoms with Gasteiger partial charge in [0.2, 0.25) is 11.8 Å². The molecule has 9 heteroatoms. The second-order valence-corrected chi connectivity index (χ2v) is 16.3. The molecule has 2 unspecified atom stereocenters. The number of hydrogen-bond acceptors (Lipinski definition) is 6. The predicted molar refractivity (Wildman–Crippen MR) is 201 cm³/mol. The zero-order valence-corrected chi connectivity index (χ0v) is 30.7. The van der Waals surface area contributed by atoms with Crippen LogP contribution in [0, 0.1) is 17.8 Å². The number of likely N-dealkylation sites (tertiary alicyclic amines) is 1. The van der Waals surface area contributed by atoms with E-state index in [1.54, 1.807) is 38.6 Å². The van der Waals surface area contributed by atoms with Gasteiger partial charge in [0, 0.05) is 48.8 Å². The molecule has 8 nitrogen and oxygen atoms in total. The number of carbonyl (C=O) groups excluding carboxylic acids is 3. The Morgan fingerprint density at radius 3 is 2.18 bits per heavy atom. The number of aliphatic hydroxyl groups is 1. The molecule has 0 radical (unpaired) electrons. The van der Waals surface area contributed by atoms with E-state index in [9.17, 15) is 14.7 Å². The Kier molecular flexibility index (Phi) is 11.3. The largest absolute Gasteiger partial charge is 0.394 e. The number of anilines is 2. The Labute approximate surface area is 297 Å². The normalized spacial score (nSPS) is 26.1. The standard InChI is InChI=1S/C40H54N4O4S/c1-8-23-42(26-29-15-13-12-14-16-29)36(46)33-34-37(47)44(32(27-45)25-28(5)6)35(40(34)22-21-39(33,7)49-40)38(48)43(24-9-2)31-19-17-30(18-20-31)41(10-3)11-4/h8-9,12-20,28,32-35,45H,1-2,10-11,21-27H2,3-7H3/t32-,33-,34+,35?,39+,40?/m1/s1. The third-order valence-electron chi connectivity index (χ3n) is 10.8. The Bertz CT molecular complexity index is 1510. The summed E-state index contributed by atoms with van der Waals surface area (Å²) in [4.78, 5) is 52.4. The highest BCUT2D eigenvalue weighted by Crippen LogP contribution is 2.72. The highest BCUT2D eigenvalue weighted by Gasteiger charge is 2.78. The van der Waals surface area contributed by atoms with E-state index in [0.717, 1.165) is 36.4 Å². The minimum absolute atomic E-state index is 0.0777. The molecule has 6 atom stereocenters. The van der Waals surface area contributed by atoms with E-state index in [1.807, 2.05) is 54.6 Å². The molecule has 1 spiro atoms. The summed E-state index contributed by atoms with van der Waals surface area (Å²) in [5, 5.41) is 10.8. The predicted octanol–water partition coefficient (Wildman–Crippen LogP) is 6.15. The highest BCUT2D eigenvalue weighted by atomic mass is 32.2. The van der Waals surface area contributed by atoms with Gasteiger partial charge in [-0.15, -0.1) is 24.9 Å². The first-order chi connectivity index (χ1) is 23.5. The Hall–Kier alpha value is -3.56. The van der Waals surface area contributed by atoms with Crippen LogP contribution in [0.5, 0.6) is 0 Å². The van der Waals surface area contributed by atoms with Gasteiger partial charge in [-0.3, -0.25) is 14.4 Å². The average molecular weight is 687 g/mol. The molecule has 2 bridgehead atoms. The van der Waals surface area contributed by atoms with E-state index in [-0.39, 0.29) is 36.8 Å². The number of benzene rings is 2. The highest BCUT2D eigenvalue weighted by molar-refractivity contribution is 8.02. The Morgan fingerprint density at radius 1 is 0.980 bits per heavy atom. The SMILES string of the molecule is C=CCN(Cc1ccccc1)C(=O)[C@H]1[C@H]2C(=O)N([C@@H](CO)CC(C)C)C(C(=O)N(CC=C)c3ccc(N(CC)CC)cc3)C23CC[C@]1(C)S3. The molecule has 0 aliphatic carbocycles. The van der Waals surface area contributed by atoms with Crippen LogP contribution >= 0.6 is 11.8 Å². The lowest BCUT2D eigenvalue weighted by atomic mass is 9.66. The van der Waals surface area contributed by atoms with Crippen molar-refractivity contribution in [2.24, 2.45) is 17.8 Å². The van der Waals surface area contributed by atoms with Crippen LogP contribution in [-0.2, 0) is 20.9 Å². The summed E-state index contributed by atoms with van der Waals surface area (Å²) in [6.07, 6.45) is 5.36. The van der Waals surface area contributed by atoms with Crippen LogP contribution in [-0.4, -0.2) is 87.0 Å². The minimum Gasteiger partial charge on any atom is -0.394 e. The Balaban J connectivity index is 1.58. The van der Waals surface area contributed by atoms with E-state index in [4.69, 9.17) is 0 Å². The van der Waals surface area contributed by atoms with Crippen LogP contribution in [0.4, 0.5) is 11.4 Å². The van der Waals surface area contributed by atoms with Crippen LogP contribution < -0.4 is 9.80 Å². The van der Waals surface area contributed by atoms with Crippen molar-refractivity contribution < 1.29 is 19.5 Å². The first-order valence-electron chi connectivity index (χ1n) is 17.8. The zero-order valence-electron chi connectivity index (χ0n) is 29.9. The third kappa shape index (κ3) is 6.68. The number of amides is 3. The van der Waals surface area contributed by atoms with Crippen molar-refractivity contribution in [3.8, 4) is 0 Å². The van der Waals surface area contributed by atoms with Crippen molar-refractivity contribution >= 4 is 40.9 Å². The van der Waals surface area contributed by atoms with Gasteiger partial charge in [-0.25, -0.2) is 0 Å². The number of fused-ring (bicyclic) bond motifs is 1. The molecule has 0 saturated carbocycles. The molecule has 3 saturated heterocycles. The third-order valence-corrected chi connectivity index (χ3v) is 12.8. The van der Waals surface area contributed by atoms with Crippen molar-refractivity contribution in [1.29, 1.82) is 0 Å². The number of hydrogen-bond donors (Lipinski definition) is 1. The lowest BCUT2D eigenvalue weighted by molar-refractivity contribution is -0.147. The number of rotatable bonds is 16. The first-order valence-corrected chi connectivity index (χ1v) is 18.7. The second kappa shape index (κ2) is 15.1. The molecule has 0 aromatic heterocycles. The first kappa shape index (κ1) is 36.7. The smallest absolute Gasteiger partial charge is 0.251 e. The fourth-order valence-corrected chi connectivity index (χ4v) is 11.0. The van der Waals surface area contributed by atoms with Gasteiger partial charge in [0.1, 0.15) is 6.04 Å². The summed E-state index contributed by atoms with van der Waals surface area (Å²) in [5.41, 5.74) is 2.81. The van der Waals surface area contributed by atoms with Gasteiger partial charge in [0.05, 0.1) is 29.2 Å². The Morgan fingerprint density at radius 2 is 1.61 bits per heavy atom. The van der Waals surface area contributed by atoms with Crippen molar-refractivity contribution in [1.82, 2.24) is 9.80 Å². The van der Waals surface area contributed by atoms with Crippen LogP contribution in [0.15, 0.2) is 79.9 Å². The fraction of sp³-hybridized carbons (Fsp3) is 0.525. The zero-order chi connectivity index (χ0) is 35.5. The van der Waals surface area contributed by atoms with Crippen molar-refractivity contribution in [2.75, 3.05) is 42.6 Å². The maximum atomic E-state index is 15.2.